The molecule has 0 radical (unpaired) electrons. The molecule has 0 saturated heterocycles. The molecule has 2 nitrogen and oxygen atoms in total. The fourth-order valence-corrected chi connectivity index (χ4v) is 6.25. The third-order valence-corrected chi connectivity index (χ3v) is 8.24. The van der Waals surface area contributed by atoms with Crippen molar-refractivity contribution in [2.75, 3.05) is 0 Å². The second-order valence-electron chi connectivity index (χ2n) is 8.32. The molecule has 0 unspecified atom stereocenters. The molecule has 3 heteroatoms. The van der Waals surface area contributed by atoms with Gasteiger partial charge in [-0.1, -0.05) is 62.8 Å². The smallest absolute Gasteiger partial charge is 0.206 e. The maximum absolute atomic E-state index is 13.3. The predicted molar refractivity (Wildman–Crippen MR) is 110 cm³/mol. The van der Waals surface area contributed by atoms with E-state index in [1.54, 1.807) is 12.1 Å². The highest BCUT2D eigenvalue weighted by Gasteiger charge is 2.23. The first kappa shape index (κ1) is 18.7. The number of hydrogen-bond acceptors (Lipinski definition) is 2. The van der Waals surface area contributed by atoms with E-state index in [9.17, 15) is 8.42 Å². The topological polar surface area (TPSA) is 34.1 Å². The lowest BCUT2D eigenvalue weighted by atomic mass is 9.84. The van der Waals surface area contributed by atoms with E-state index >= 15 is 0 Å². The highest BCUT2D eigenvalue weighted by Crippen LogP contribution is 2.36. The van der Waals surface area contributed by atoms with Gasteiger partial charge in [0.15, 0.2) is 0 Å². The number of rotatable bonds is 4. The van der Waals surface area contributed by atoms with E-state index in [0.29, 0.717) is 21.6 Å². The minimum absolute atomic E-state index is 0.450. The zero-order valence-corrected chi connectivity index (χ0v) is 16.9. The van der Waals surface area contributed by atoms with Crippen molar-refractivity contribution in [2.45, 2.75) is 85.8 Å². The molecule has 2 aromatic rings. The van der Waals surface area contributed by atoms with Gasteiger partial charge in [0, 0.05) is 0 Å². The minimum Gasteiger partial charge on any atom is -0.219 e. The highest BCUT2D eigenvalue weighted by atomic mass is 32.2. The first-order chi connectivity index (χ1) is 13.1. The predicted octanol–water partition coefficient (Wildman–Crippen LogP) is 6.61. The molecule has 0 aliphatic heterocycles. The van der Waals surface area contributed by atoms with Gasteiger partial charge in [0.2, 0.25) is 9.84 Å². The van der Waals surface area contributed by atoms with Crippen LogP contribution in [0.4, 0.5) is 0 Å². The number of benzene rings is 2. The molecule has 0 spiro atoms. The number of sulfone groups is 1. The number of hydrogen-bond donors (Lipinski definition) is 0. The molecule has 2 aliphatic rings. The van der Waals surface area contributed by atoms with Gasteiger partial charge in [0.1, 0.15) is 0 Å². The van der Waals surface area contributed by atoms with Crippen LogP contribution in [0.15, 0.2) is 58.3 Å². The Balaban J connectivity index is 1.63. The van der Waals surface area contributed by atoms with E-state index in [4.69, 9.17) is 0 Å². The van der Waals surface area contributed by atoms with E-state index in [1.807, 2.05) is 24.3 Å². The molecule has 2 aromatic carbocycles. The maximum atomic E-state index is 13.3. The van der Waals surface area contributed by atoms with Gasteiger partial charge in [-0.3, -0.25) is 0 Å². The van der Waals surface area contributed by atoms with Crippen LogP contribution in [0.5, 0.6) is 0 Å². The van der Waals surface area contributed by atoms with Crippen LogP contribution in [0.25, 0.3) is 0 Å². The molecule has 2 saturated carbocycles. The Hall–Kier alpha value is -1.61. The third-order valence-electron chi connectivity index (χ3n) is 6.49. The molecule has 27 heavy (non-hydrogen) atoms. The van der Waals surface area contributed by atoms with Gasteiger partial charge in [-0.05, 0) is 72.9 Å². The van der Waals surface area contributed by atoms with E-state index in [-0.39, 0.29) is 0 Å². The highest BCUT2D eigenvalue weighted by molar-refractivity contribution is 7.91. The lowest BCUT2D eigenvalue weighted by Crippen LogP contribution is -2.08. The van der Waals surface area contributed by atoms with Crippen molar-refractivity contribution in [3.05, 3.63) is 59.7 Å². The Kier molecular flexibility index (Phi) is 5.68. The largest absolute Gasteiger partial charge is 0.219 e. The quantitative estimate of drug-likeness (QED) is 0.596. The summed E-state index contributed by atoms with van der Waals surface area (Å²) in [6, 6.07) is 15.4. The molecule has 4 rings (SSSR count). The summed E-state index contributed by atoms with van der Waals surface area (Å²) in [7, 11) is -3.46. The SMILES string of the molecule is O=S(=O)(c1cccc(C2CCCCC2)c1)c1cccc(C2CCCCC2)c1. The summed E-state index contributed by atoms with van der Waals surface area (Å²) in [5.74, 6) is 1.03. The van der Waals surface area contributed by atoms with Gasteiger partial charge in [0.25, 0.3) is 0 Å². The third kappa shape index (κ3) is 4.13. The Morgan fingerprint density at radius 1 is 0.593 bits per heavy atom. The Morgan fingerprint density at radius 2 is 1.00 bits per heavy atom. The Labute approximate surface area is 163 Å². The molecule has 2 aliphatic carbocycles. The van der Waals surface area contributed by atoms with Crippen molar-refractivity contribution < 1.29 is 8.42 Å². The lowest BCUT2D eigenvalue weighted by Gasteiger charge is -2.23. The van der Waals surface area contributed by atoms with Crippen LogP contribution in [0.3, 0.4) is 0 Å². The summed E-state index contributed by atoms with van der Waals surface area (Å²) < 4.78 is 26.6. The van der Waals surface area contributed by atoms with Crippen LogP contribution in [-0.2, 0) is 9.84 Å². The summed E-state index contributed by atoms with van der Waals surface area (Å²) >= 11 is 0. The van der Waals surface area contributed by atoms with E-state index in [2.05, 4.69) is 12.1 Å². The van der Waals surface area contributed by atoms with Crippen molar-refractivity contribution >= 4 is 9.84 Å². The van der Waals surface area contributed by atoms with E-state index < -0.39 is 9.84 Å². The van der Waals surface area contributed by atoms with Gasteiger partial charge in [-0.2, -0.15) is 0 Å². The molecule has 0 heterocycles. The molecule has 144 valence electrons. The van der Waals surface area contributed by atoms with Crippen molar-refractivity contribution in [3.63, 3.8) is 0 Å². The van der Waals surface area contributed by atoms with E-state index in [0.717, 1.165) is 0 Å². The molecule has 0 aromatic heterocycles. The summed E-state index contributed by atoms with van der Waals surface area (Å²) in [6.45, 7) is 0. The molecule has 0 N–H and O–H groups in total. The maximum Gasteiger partial charge on any atom is 0.206 e. The summed E-state index contributed by atoms with van der Waals surface area (Å²) in [6.07, 6.45) is 12.4. The molecular weight excluding hydrogens is 352 g/mol. The van der Waals surface area contributed by atoms with Gasteiger partial charge in [-0.25, -0.2) is 8.42 Å². The van der Waals surface area contributed by atoms with Gasteiger partial charge in [0.05, 0.1) is 9.79 Å². The lowest BCUT2D eigenvalue weighted by molar-refractivity contribution is 0.443. The zero-order valence-electron chi connectivity index (χ0n) is 16.1. The zero-order chi connectivity index (χ0) is 18.7. The second kappa shape index (κ2) is 8.18. The molecule has 0 bridgehead atoms. The van der Waals surface area contributed by atoms with Gasteiger partial charge >= 0.3 is 0 Å². The first-order valence-corrected chi connectivity index (χ1v) is 12.1. The van der Waals surface area contributed by atoms with Crippen LogP contribution < -0.4 is 0 Å². The normalized spacial score (nSPS) is 19.9. The van der Waals surface area contributed by atoms with Crippen molar-refractivity contribution in [2.24, 2.45) is 0 Å². The van der Waals surface area contributed by atoms with Gasteiger partial charge in [-0.15, -0.1) is 0 Å². The first-order valence-electron chi connectivity index (χ1n) is 10.6. The minimum atomic E-state index is -3.46. The summed E-state index contributed by atoms with van der Waals surface area (Å²) in [4.78, 5) is 0.901. The second-order valence-corrected chi connectivity index (χ2v) is 10.3. The Morgan fingerprint density at radius 3 is 1.41 bits per heavy atom. The van der Waals surface area contributed by atoms with Crippen molar-refractivity contribution in [1.82, 2.24) is 0 Å². The van der Waals surface area contributed by atoms with Gasteiger partial charge < -0.3 is 0 Å². The fourth-order valence-electron chi connectivity index (χ4n) is 4.88. The molecule has 0 atom stereocenters. The monoisotopic (exact) mass is 382 g/mol. The van der Waals surface area contributed by atoms with Crippen molar-refractivity contribution in [1.29, 1.82) is 0 Å². The average Bonchev–Trinajstić information content (AvgIpc) is 2.75. The molecule has 2 fully saturated rings. The standard InChI is InChI=1S/C24H30O2S/c25-27(26,23-15-7-13-21(17-23)19-9-3-1-4-10-19)24-16-8-14-22(18-24)20-11-5-2-6-12-20/h7-8,13-20H,1-6,9-12H2. The van der Waals surface area contributed by atoms with Crippen LogP contribution in [0.1, 0.15) is 87.2 Å². The summed E-state index contributed by atoms with van der Waals surface area (Å²) in [5.41, 5.74) is 2.39. The van der Waals surface area contributed by atoms with Crippen LogP contribution in [0, 0.1) is 0 Å². The van der Waals surface area contributed by atoms with E-state index in [1.165, 1.54) is 75.3 Å². The molecular formula is C24H30O2S. The fraction of sp³-hybridized carbons (Fsp3) is 0.500. The van der Waals surface area contributed by atoms with Crippen LogP contribution in [-0.4, -0.2) is 8.42 Å². The van der Waals surface area contributed by atoms with Crippen LogP contribution >= 0.6 is 0 Å². The molecule has 0 amide bonds. The van der Waals surface area contributed by atoms with Crippen molar-refractivity contribution in [3.8, 4) is 0 Å². The average molecular weight is 383 g/mol. The summed E-state index contributed by atoms with van der Waals surface area (Å²) in [5, 5.41) is 0. The Bertz CT molecular complexity index is 805. The van der Waals surface area contributed by atoms with Crippen LogP contribution in [0.2, 0.25) is 0 Å².